The number of nitrogens with zero attached hydrogens (tertiary/aromatic N) is 1. The maximum atomic E-state index is 12.1. The topological polar surface area (TPSA) is 63.4 Å². The van der Waals surface area contributed by atoms with Gasteiger partial charge in [-0.1, -0.05) is 13.8 Å². The van der Waals surface area contributed by atoms with Crippen LogP contribution in [-0.2, 0) is 9.59 Å². The van der Waals surface area contributed by atoms with Crippen LogP contribution in [0.4, 0.5) is 0 Å². The molecule has 0 rings (SSSR count). The minimum Gasteiger partial charge on any atom is -0.366 e. The summed E-state index contributed by atoms with van der Waals surface area (Å²) in [5.74, 6) is -0.553. The van der Waals surface area contributed by atoms with Gasteiger partial charge in [0.05, 0.1) is 0 Å². The van der Waals surface area contributed by atoms with Crippen molar-refractivity contribution in [2.75, 3.05) is 13.1 Å². The first-order valence-corrected chi connectivity index (χ1v) is 5.84. The van der Waals surface area contributed by atoms with Crippen LogP contribution in [0, 0.1) is 0 Å². The third-order valence-corrected chi connectivity index (χ3v) is 2.68. The van der Waals surface area contributed by atoms with Gasteiger partial charge in [-0.05, 0) is 26.7 Å². The molecule has 2 amide bonds. The highest BCUT2D eigenvalue weighted by Gasteiger charge is 2.19. The van der Waals surface area contributed by atoms with Crippen molar-refractivity contribution in [3.63, 3.8) is 0 Å². The lowest BCUT2D eigenvalue weighted by molar-refractivity contribution is -0.127. The summed E-state index contributed by atoms with van der Waals surface area (Å²) < 4.78 is 0. The van der Waals surface area contributed by atoms with Crippen LogP contribution in [0.3, 0.4) is 0 Å². The van der Waals surface area contributed by atoms with Gasteiger partial charge in [-0.2, -0.15) is 0 Å². The molecule has 16 heavy (non-hydrogen) atoms. The Morgan fingerprint density at radius 1 is 0.938 bits per heavy atom. The highest BCUT2D eigenvalue weighted by Crippen LogP contribution is 2.15. The number of hydrogen-bond acceptors (Lipinski definition) is 2. The van der Waals surface area contributed by atoms with Crippen LogP contribution in [0.1, 0.15) is 40.5 Å². The van der Waals surface area contributed by atoms with Crippen LogP contribution < -0.4 is 5.73 Å². The molecule has 0 unspecified atom stereocenters. The zero-order valence-electron chi connectivity index (χ0n) is 10.7. The Bertz CT molecular complexity index is 291. The molecule has 4 heteroatoms. The van der Waals surface area contributed by atoms with Crippen molar-refractivity contribution in [2.45, 2.75) is 40.5 Å². The van der Waals surface area contributed by atoms with Crippen molar-refractivity contribution in [1.29, 1.82) is 0 Å². The molecule has 0 aliphatic carbocycles. The molecule has 0 saturated heterocycles. The fourth-order valence-electron chi connectivity index (χ4n) is 1.73. The number of rotatable bonds is 6. The third kappa shape index (κ3) is 3.36. The van der Waals surface area contributed by atoms with Crippen LogP contribution in [0.25, 0.3) is 0 Å². The zero-order chi connectivity index (χ0) is 12.7. The number of amides is 2. The van der Waals surface area contributed by atoms with Gasteiger partial charge >= 0.3 is 0 Å². The second-order valence-corrected chi connectivity index (χ2v) is 3.51. The van der Waals surface area contributed by atoms with Gasteiger partial charge in [-0.3, -0.25) is 9.59 Å². The van der Waals surface area contributed by atoms with Gasteiger partial charge in [0.2, 0.25) is 11.8 Å². The summed E-state index contributed by atoms with van der Waals surface area (Å²) in [6, 6.07) is 0. The number of primary amides is 1. The summed E-state index contributed by atoms with van der Waals surface area (Å²) in [5, 5.41) is 0. The molecule has 0 atom stereocenters. The Balaban J connectivity index is 5.25. The summed E-state index contributed by atoms with van der Waals surface area (Å²) in [6.45, 7) is 8.85. The van der Waals surface area contributed by atoms with E-state index in [1.807, 2.05) is 27.7 Å². The fraction of sp³-hybridized carbons (Fsp3) is 0.667. The summed E-state index contributed by atoms with van der Waals surface area (Å²) in [7, 11) is 0. The van der Waals surface area contributed by atoms with Crippen LogP contribution in [0.5, 0.6) is 0 Å². The summed E-state index contributed by atoms with van der Waals surface area (Å²) in [4.78, 5) is 25.0. The molecule has 92 valence electrons. The van der Waals surface area contributed by atoms with E-state index in [0.29, 0.717) is 37.1 Å². The van der Waals surface area contributed by atoms with E-state index in [9.17, 15) is 9.59 Å². The highest BCUT2D eigenvalue weighted by atomic mass is 16.2. The molecular formula is C12H22N2O2. The van der Waals surface area contributed by atoms with E-state index in [-0.39, 0.29) is 5.91 Å². The van der Waals surface area contributed by atoms with Crippen molar-refractivity contribution < 1.29 is 9.59 Å². The van der Waals surface area contributed by atoms with Gasteiger partial charge in [-0.15, -0.1) is 0 Å². The summed E-state index contributed by atoms with van der Waals surface area (Å²) >= 11 is 0. The molecule has 0 aromatic carbocycles. The first-order chi connectivity index (χ1) is 7.53. The maximum Gasteiger partial charge on any atom is 0.250 e. The van der Waals surface area contributed by atoms with E-state index in [4.69, 9.17) is 5.73 Å². The Morgan fingerprint density at radius 2 is 1.38 bits per heavy atom. The molecule has 0 aliphatic heterocycles. The first-order valence-electron chi connectivity index (χ1n) is 5.84. The minimum absolute atomic E-state index is 0.0665. The molecule has 0 aromatic heterocycles. The quantitative estimate of drug-likeness (QED) is 0.697. The van der Waals surface area contributed by atoms with E-state index in [1.165, 1.54) is 0 Å². The second kappa shape index (κ2) is 7.04. The largest absolute Gasteiger partial charge is 0.366 e. The van der Waals surface area contributed by atoms with Crippen molar-refractivity contribution in [2.24, 2.45) is 5.73 Å². The van der Waals surface area contributed by atoms with Gasteiger partial charge in [-0.25, -0.2) is 0 Å². The lowest BCUT2D eigenvalue weighted by atomic mass is 10.0. The molecule has 4 nitrogen and oxygen atoms in total. The lowest BCUT2D eigenvalue weighted by Gasteiger charge is -2.21. The smallest absolute Gasteiger partial charge is 0.250 e. The van der Waals surface area contributed by atoms with Crippen LogP contribution in [0.2, 0.25) is 0 Å². The lowest BCUT2D eigenvalue weighted by Crippen LogP contribution is -2.33. The van der Waals surface area contributed by atoms with Crippen LogP contribution in [0.15, 0.2) is 11.1 Å². The Kier molecular flexibility index (Phi) is 6.46. The number of nitrogens with two attached hydrogens (primary N) is 1. The number of carbonyl (C=O) groups excluding carboxylic acids is 2. The zero-order valence-corrected chi connectivity index (χ0v) is 10.7. The Labute approximate surface area is 97.5 Å². The van der Waals surface area contributed by atoms with Gasteiger partial charge < -0.3 is 10.6 Å². The monoisotopic (exact) mass is 226 g/mol. The first kappa shape index (κ1) is 14.7. The third-order valence-electron chi connectivity index (χ3n) is 2.68. The van der Waals surface area contributed by atoms with E-state index in [2.05, 4.69) is 0 Å². The second-order valence-electron chi connectivity index (χ2n) is 3.51. The summed E-state index contributed by atoms with van der Waals surface area (Å²) in [6.07, 6.45) is 1.05. The van der Waals surface area contributed by atoms with Crippen molar-refractivity contribution >= 4 is 11.8 Å². The molecule has 2 N–H and O–H groups in total. The minimum atomic E-state index is -0.486. The van der Waals surface area contributed by atoms with Gasteiger partial charge in [0, 0.05) is 24.2 Å². The maximum absolute atomic E-state index is 12.1. The Hall–Kier alpha value is -1.32. The van der Waals surface area contributed by atoms with Gasteiger partial charge in [0.25, 0.3) is 0 Å². The van der Waals surface area contributed by atoms with Gasteiger partial charge in [0.1, 0.15) is 0 Å². The molecule has 0 heterocycles. The molecule has 0 spiro atoms. The van der Waals surface area contributed by atoms with Crippen molar-refractivity contribution in [1.82, 2.24) is 4.90 Å². The number of hydrogen-bond donors (Lipinski definition) is 1. The standard InChI is InChI=1S/C12H22N2O2/c1-5-9(11(13)15)10(6-2)12(16)14(7-3)8-4/h5-8H2,1-4H3,(H2,13,15)/b10-9-. The molecule has 0 fully saturated rings. The number of carbonyl (C=O) groups is 2. The van der Waals surface area contributed by atoms with E-state index >= 15 is 0 Å². The molecule has 0 aromatic rings. The molecular weight excluding hydrogens is 204 g/mol. The average molecular weight is 226 g/mol. The van der Waals surface area contributed by atoms with Crippen molar-refractivity contribution in [3.05, 3.63) is 11.1 Å². The predicted octanol–water partition coefficient (Wildman–Crippen LogP) is 1.46. The average Bonchev–Trinajstić information content (AvgIpc) is 2.26. The number of likely N-dealkylation sites (N-methyl/N-ethyl adjacent to an activating group) is 1. The molecule has 0 saturated carbocycles. The highest BCUT2D eigenvalue weighted by molar-refractivity contribution is 6.04. The normalized spacial score (nSPS) is 12.0. The van der Waals surface area contributed by atoms with E-state index in [0.717, 1.165) is 0 Å². The fourth-order valence-corrected chi connectivity index (χ4v) is 1.73. The predicted molar refractivity (Wildman–Crippen MR) is 64.7 cm³/mol. The van der Waals surface area contributed by atoms with Gasteiger partial charge in [0.15, 0.2) is 0 Å². The molecule has 0 radical (unpaired) electrons. The van der Waals surface area contributed by atoms with Crippen LogP contribution in [-0.4, -0.2) is 29.8 Å². The van der Waals surface area contributed by atoms with Crippen molar-refractivity contribution in [3.8, 4) is 0 Å². The Morgan fingerprint density at radius 3 is 1.62 bits per heavy atom. The summed E-state index contributed by atoms with van der Waals surface area (Å²) in [5.41, 5.74) is 6.29. The van der Waals surface area contributed by atoms with E-state index < -0.39 is 5.91 Å². The molecule has 0 aliphatic rings. The molecule has 0 bridgehead atoms. The SMILES string of the molecule is CC/C(C(N)=O)=C(\CC)C(=O)N(CC)CC. The van der Waals surface area contributed by atoms with E-state index in [1.54, 1.807) is 4.90 Å². The van der Waals surface area contributed by atoms with Crippen LogP contribution >= 0.6 is 0 Å².